The van der Waals surface area contributed by atoms with Gasteiger partial charge in [-0.05, 0) is 25.2 Å². The summed E-state index contributed by atoms with van der Waals surface area (Å²) in [5, 5.41) is 8.50. The van der Waals surface area contributed by atoms with E-state index >= 15 is 0 Å². The fourth-order valence-corrected chi connectivity index (χ4v) is 2.12. The molecule has 0 heterocycles. The molecular weight excluding hydrogens is 158 g/mol. The monoisotopic (exact) mass is 175 g/mol. The van der Waals surface area contributed by atoms with Gasteiger partial charge in [-0.25, -0.2) is 0 Å². The summed E-state index contributed by atoms with van der Waals surface area (Å²) in [4.78, 5) is 0. The molecule has 0 bridgehead atoms. The smallest absolute Gasteiger partial charge is 0.0908 e. The van der Waals surface area contributed by atoms with Gasteiger partial charge in [-0.3, -0.25) is 0 Å². The Labute approximate surface area is 80.8 Å². The van der Waals surface area contributed by atoms with Crippen LogP contribution in [0, 0.1) is 22.7 Å². The summed E-state index contributed by atoms with van der Waals surface area (Å²) in [6, 6.07) is 2.07. The quantitative estimate of drug-likeness (QED) is 0.442. The molecule has 70 valence electrons. The zero-order valence-electron chi connectivity index (χ0n) is 8.67. The lowest BCUT2D eigenvalue weighted by molar-refractivity contribution is 0.255. The third-order valence-corrected chi connectivity index (χ3v) is 2.95. The van der Waals surface area contributed by atoms with Gasteiger partial charge in [0, 0.05) is 12.0 Å². The Morgan fingerprint density at radius 1 is 1.62 bits per heavy atom. The number of nitriles is 1. The molecule has 0 aliphatic heterocycles. The fraction of sp³-hybridized carbons (Fsp3) is 0.583. The van der Waals surface area contributed by atoms with E-state index in [4.69, 9.17) is 5.26 Å². The van der Waals surface area contributed by atoms with Crippen LogP contribution in [0.1, 0.15) is 33.6 Å². The number of rotatable bonds is 1. The van der Waals surface area contributed by atoms with Crippen LogP contribution in [-0.4, -0.2) is 0 Å². The van der Waals surface area contributed by atoms with Gasteiger partial charge in [-0.2, -0.15) is 5.26 Å². The Kier molecular flexibility index (Phi) is 2.93. The highest BCUT2D eigenvalue weighted by Crippen LogP contribution is 2.41. The summed E-state index contributed by atoms with van der Waals surface area (Å²) in [5.41, 5.74) is 1.72. The summed E-state index contributed by atoms with van der Waals surface area (Å²) in [7, 11) is 0. The zero-order chi connectivity index (χ0) is 9.90. The molecule has 0 aromatic heterocycles. The van der Waals surface area contributed by atoms with Crippen molar-refractivity contribution in [2.75, 3.05) is 0 Å². The Bertz CT molecular complexity index is 276. The summed E-state index contributed by atoms with van der Waals surface area (Å²) < 4.78 is 0. The van der Waals surface area contributed by atoms with Crippen LogP contribution in [-0.2, 0) is 0 Å². The first-order chi connectivity index (χ1) is 6.08. The second kappa shape index (κ2) is 3.79. The molecule has 0 spiro atoms. The van der Waals surface area contributed by atoms with Crippen molar-refractivity contribution in [2.24, 2.45) is 11.3 Å². The van der Waals surface area contributed by atoms with Crippen LogP contribution in [0.3, 0.4) is 0 Å². The van der Waals surface area contributed by atoms with Crippen molar-refractivity contribution in [2.45, 2.75) is 33.6 Å². The highest BCUT2D eigenvalue weighted by Gasteiger charge is 2.30. The molecule has 0 saturated heterocycles. The molecule has 0 N–H and O–H groups in total. The lowest BCUT2D eigenvalue weighted by Crippen LogP contribution is -2.26. The number of nitrogens with zero attached hydrogens (tertiary/aromatic N) is 1. The molecule has 1 aliphatic carbocycles. The van der Waals surface area contributed by atoms with Crippen LogP contribution in [0.15, 0.2) is 23.8 Å². The topological polar surface area (TPSA) is 23.8 Å². The van der Waals surface area contributed by atoms with Crippen LogP contribution < -0.4 is 0 Å². The standard InChI is InChI=1S/C12H17N/c1-10-6-4-8-12(2,3)11(10)7-5-9-13/h5-7,11H,4,8H2,1-3H3/b7-5+. The molecule has 1 nitrogen and oxygen atoms in total. The van der Waals surface area contributed by atoms with Crippen molar-refractivity contribution >= 4 is 0 Å². The van der Waals surface area contributed by atoms with Gasteiger partial charge in [-0.15, -0.1) is 0 Å². The third-order valence-electron chi connectivity index (χ3n) is 2.95. The maximum absolute atomic E-state index is 8.50. The van der Waals surface area contributed by atoms with Crippen LogP contribution in [0.25, 0.3) is 0 Å². The Morgan fingerprint density at radius 2 is 2.31 bits per heavy atom. The van der Waals surface area contributed by atoms with Crippen molar-refractivity contribution < 1.29 is 0 Å². The second-order valence-electron chi connectivity index (χ2n) is 4.44. The molecule has 0 amide bonds. The Balaban J connectivity index is 2.89. The molecular formula is C12H17N. The summed E-state index contributed by atoms with van der Waals surface area (Å²) in [5.74, 6) is 0.445. The molecule has 1 atom stereocenters. The third kappa shape index (κ3) is 2.21. The van der Waals surface area contributed by atoms with E-state index in [0.29, 0.717) is 11.3 Å². The number of hydrogen-bond donors (Lipinski definition) is 0. The fourth-order valence-electron chi connectivity index (χ4n) is 2.12. The molecule has 1 aliphatic rings. The van der Waals surface area contributed by atoms with Gasteiger partial charge in [0.2, 0.25) is 0 Å². The maximum atomic E-state index is 8.50. The van der Waals surface area contributed by atoms with E-state index in [-0.39, 0.29) is 0 Å². The number of hydrogen-bond acceptors (Lipinski definition) is 1. The maximum Gasteiger partial charge on any atom is 0.0908 e. The highest BCUT2D eigenvalue weighted by atomic mass is 14.3. The normalized spacial score (nSPS) is 26.9. The summed E-state index contributed by atoms with van der Waals surface area (Å²) in [6.45, 7) is 6.71. The van der Waals surface area contributed by atoms with E-state index in [1.165, 1.54) is 18.4 Å². The van der Waals surface area contributed by atoms with E-state index in [9.17, 15) is 0 Å². The molecule has 0 aromatic rings. The Hall–Kier alpha value is -1.03. The van der Waals surface area contributed by atoms with E-state index in [1.807, 2.05) is 6.08 Å². The molecule has 1 heteroatoms. The van der Waals surface area contributed by atoms with Crippen LogP contribution in [0.2, 0.25) is 0 Å². The van der Waals surface area contributed by atoms with Crippen molar-refractivity contribution in [1.29, 1.82) is 5.26 Å². The van der Waals surface area contributed by atoms with Crippen LogP contribution in [0.5, 0.6) is 0 Å². The van der Waals surface area contributed by atoms with Gasteiger partial charge in [-0.1, -0.05) is 31.6 Å². The predicted molar refractivity (Wildman–Crippen MR) is 55.0 cm³/mol. The van der Waals surface area contributed by atoms with Gasteiger partial charge >= 0.3 is 0 Å². The second-order valence-corrected chi connectivity index (χ2v) is 4.44. The molecule has 1 unspecified atom stereocenters. The first-order valence-corrected chi connectivity index (χ1v) is 4.81. The molecule has 1 rings (SSSR count). The van der Waals surface area contributed by atoms with Crippen LogP contribution >= 0.6 is 0 Å². The molecule has 13 heavy (non-hydrogen) atoms. The largest absolute Gasteiger partial charge is 0.193 e. The first kappa shape index (κ1) is 10.1. The SMILES string of the molecule is CC1=CCCC(C)(C)C1/C=C/C#N. The van der Waals surface area contributed by atoms with Crippen molar-refractivity contribution in [3.05, 3.63) is 23.8 Å². The van der Waals surface area contributed by atoms with Crippen molar-refractivity contribution in [3.8, 4) is 6.07 Å². The van der Waals surface area contributed by atoms with Crippen molar-refractivity contribution in [1.82, 2.24) is 0 Å². The van der Waals surface area contributed by atoms with Gasteiger partial charge < -0.3 is 0 Å². The first-order valence-electron chi connectivity index (χ1n) is 4.81. The van der Waals surface area contributed by atoms with E-state index in [1.54, 1.807) is 6.08 Å². The van der Waals surface area contributed by atoms with E-state index in [0.717, 1.165) is 0 Å². The molecule has 0 radical (unpaired) electrons. The molecule has 0 aromatic carbocycles. The highest BCUT2D eigenvalue weighted by molar-refractivity contribution is 5.21. The van der Waals surface area contributed by atoms with Crippen molar-refractivity contribution in [3.63, 3.8) is 0 Å². The lowest BCUT2D eigenvalue weighted by Gasteiger charge is -2.36. The predicted octanol–water partition coefficient (Wildman–Crippen LogP) is 3.45. The van der Waals surface area contributed by atoms with Crippen LogP contribution in [0.4, 0.5) is 0 Å². The zero-order valence-corrected chi connectivity index (χ0v) is 8.67. The average molecular weight is 175 g/mol. The minimum Gasteiger partial charge on any atom is -0.193 e. The summed E-state index contributed by atoms with van der Waals surface area (Å²) >= 11 is 0. The molecule has 0 saturated carbocycles. The summed E-state index contributed by atoms with van der Waals surface area (Å²) in [6.07, 6.45) is 8.32. The molecule has 0 fully saturated rings. The van der Waals surface area contributed by atoms with E-state index in [2.05, 4.69) is 32.9 Å². The van der Waals surface area contributed by atoms with Gasteiger partial charge in [0.05, 0.1) is 6.07 Å². The van der Waals surface area contributed by atoms with Gasteiger partial charge in [0.1, 0.15) is 0 Å². The van der Waals surface area contributed by atoms with Gasteiger partial charge in [0.25, 0.3) is 0 Å². The van der Waals surface area contributed by atoms with E-state index < -0.39 is 0 Å². The number of allylic oxidation sites excluding steroid dienone is 4. The Morgan fingerprint density at radius 3 is 2.85 bits per heavy atom. The average Bonchev–Trinajstić information content (AvgIpc) is 2.02. The minimum atomic E-state index is 0.312. The van der Waals surface area contributed by atoms with Gasteiger partial charge in [0.15, 0.2) is 0 Å². The lowest BCUT2D eigenvalue weighted by atomic mass is 9.68. The minimum absolute atomic E-state index is 0.312.